The molecule has 0 radical (unpaired) electrons. The Bertz CT molecular complexity index is 1420. The molecule has 0 aliphatic rings. The molecule has 0 fully saturated rings. The van der Waals surface area contributed by atoms with E-state index in [-0.39, 0.29) is 31.1 Å². The molecular formula is C71H126O6. The Hall–Kier alpha value is -3.15. The molecule has 0 rings (SSSR count). The summed E-state index contributed by atoms with van der Waals surface area (Å²) in [5, 5.41) is 0. The Morgan fingerprint density at radius 3 is 0.805 bits per heavy atom. The fraction of sp³-hybridized carbons (Fsp3) is 0.789. The van der Waals surface area contributed by atoms with Gasteiger partial charge >= 0.3 is 17.9 Å². The van der Waals surface area contributed by atoms with Crippen LogP contribution in [0.3, 0.4) is 0 Å². The van der Waals surface area contributed by atoms with E-state index in [2.05, 4.69) is 93.7 Å². The van der Waals surface area contributed by atoms with Gasteiger partial charge in [0.05, 0.1) is 0 Å². The molecule has 0 amide bonds. The molecule has 0 aliphatic heterocycles. The summed E-state index contributed by atoms with van der Waals surface area (Å²) in [4.78, 5) is 38.4. The summed E-state index contributed by atoms with van der Waals surface area (Å²) >= 11 is 0. The van der Waals surface area contributed by atoms with Gasteiger partial charge in [-0.25, -0.2) is 0 Å². The summed E-state index contributed by atoms with van der Waals surface area (Å²) in [5.41, 5.74) is 0. The molecule has 0 spiro atoms. The highest BCUT2D eigenvalue weighted by molar-refractivity contribution is 5.71. The second-order valence-electron chi connectivity index (χ2n) is 22.4. The van der Waals surface area contributed by atoms with Gasteiger partial charge in [0.25, 0.3) is 0 Å². The molecule has 0 aromatic rings. The standard InChI is InChI=1S/C71H126O6/c1-4-7-10-13-16-19-22-25-28-30-31-32-33-34-35-36-37-38-39-41-43-46-49-52-55-58-61-64-70(73)76-67-68(66-75-69(72)63-60-57-54-51-48-45-42-27-24-21-18-15-12-9-6-3)77-71(74)65-62-59-56-53-50-47-44-40-29-26-23-20-17-14-11-8-5-2/h7,10,16,19,25,27-28,31-32,34-35,42,68H,4-6,8-9,11-15,17-18,20-24,26,29-30,33,36-41,43-67H2,1-3H3/b10-7-,19-16-,28-25-,32-31-,35-34-,42-27-. The maximum absolute atomic E-state index is 12.9. The zero-order valence-corrected chi connectivity index (χ0v) is 51.2. The molecule has 77 heavy (non-hydrogen) atoms. The van der Waals surface area contributed by atoms with Crippen molar-refractivity contribution < 1.29 is 28.6 Å². The SMILES string of the molecule is CC/C=C\C/C=C\C/C=C\C/C=C\C/C=C\CCCCCCCCCCCCCC(=O)OCC(COC(=O)CCCCCCC/C=C\CCCCCCCC)OC(=O)CCCCCCCCCCCCCCCCCCC. The first-order valence-corrected chi connectivity index (χ1v) is 33.4. The van der Waals surface area contributed by atoms with Crippen LogP contribution >= 0.6 is 0 Å². The second kappa shape index (κ2) is 65.4. The maximum Gasteiger partial charge on any atom is 0.306 e. The average molecular weight is 1080 g/mol. The molecule has 0 saturated carbocycles. The van der Waals surface area contributed by atoms with Crippen molar-refractivity contribution in [1.29, 1.82) is 0 Å². The van der Waals surface area contributed by atoms with Crippen LogP contribution in [0.5, 0.6) is 0 Å². The minimum Gasteiger partial charge on any atom is -0.462 e. The van der Waals surface area contributed by atoms with E-state index in [9.17, 15) is 14.4 Å². The smallest absolute Gasteiger partial charge is 0.306 e. The highest BCUT2D eigenvalue weighted by Crippen LogP contribution is 2.17. The summed E-state index contributed by atoms with van der Waals surface area (Å²) < 4.78 is 17.0. The third kappa shape index (κ3) is 63.6. The Morgan fingerprint density at radius 2 is 0.506 bits per heavy atom. The molecule has 1 unspecified atom stereocenters. The van der Waals surface area contributed by atoms with Crippen molar-refractivity contribution in [3.63, 3.8) is 0 Å². The molecule has 0 bridgehead atoms. The normalized spacial score (nSPS) is 12.5. The van der Waals surface area contributed by atoms with E-state index in [4.69, 9.17) is 14.2 Å². The highest BCUT2D eigenvalue weighted by atomic mass is 16.6. The van der Waals surface area contributed by atoms with E-state index in [0.29, 0.717) is 19.3 Å². The number of carbonyl (C=O) groups excluding carboxylic acids is 3. The number of hydrogen-bond donors (Lipinski definition) is 0. The highest BCUT2D eigenvalue weighted by Gasteiger charge is 2.19. The Morgan fingerprint density at radius 1 is 0.273 bits per heavy atom. The van der Waals surface area contributed by atoms with Crippen molar-refractivity contribution >= 4 is 17.9 Å². The molecule has 1 atom stereocenters. The van der Waals surface area contributed by atoms with Crippen LogP contribution in [0.1, 0.15) is 342 Å². The summed E-state index contributed by atoms with van der Waals surface area (Å²) in [7, 11) is 0. The van der Waals surface area contributed by atoms with Gasteiger partial charge in [-0.2, -0.15) is 0 Å². The number of unbranched alkanes of at least 4 members (excludes halogenated alkanes) is 38. The first-order chi connectivity index (χ1) is 38.0. The van der Waals surface area contributed by atoms with E-state index >= 15 is 0 Å². The zero-order valence-electron chi connectivity index (χ0n) is 51.2. The lowest BCUT2D eigenvalue weighted by Crippen LogP contribution is -2.30. The van der Waals surface area contributed by atoms with Gasteiger partial charge in [-0.05, 0) is 89.9 Å². The number of esters is 3. The van der Waals surface area contributed by atoms with Gasteiger partial charge in [-0.15, -0.1) is 0 Å². The number of hydrogen-bond acceptors (Lipinski definition) is 6. The van der Waals surface area contributed by atoms with Gasteiger partial charge in [0.1, 0.15) is 13.2 Å². The number of ether oxygens (including phenoxy) is 3. The van der Waals surface area contributed by atoms with Crippen LogP contribution in [0, 0.1) is 0 Å². The molecule has 6 nitrogen and oxygen atoms in total. The molecule has 446 valence electrons. The molecule has 0 heterocycles. The van der Waals surface area contributed by atoms with Gasteiger partial charge in [-0.1, -0.05) is 306 Å². The predicted molar refractivity (Wildman–Crippen MR) is 335 cm³/mol. The number of carbonyl (C=O) groups is 3. The van der Waals surface area contributed by atoms with Crippen molar-refractivity contribution in [2.24, 2.45) is 0 Å². The quantitative estimate of drug-likeness (QED) is 0.0261. The zero-order chi connectivity index (χ0) is 55.7. The number of allylic oxidation sites excluding steroid dienone is 12. The first kappa shape index (κ1) is 73.8. The van der Waals surface area contributed by atoms with Gasteiger partial charge in [-0.3, -0.25) is 14.4 Å². The van der Waals surface area contributed by atoms with Crippen molar-refractivity contribution in [3.8, 4) is 0 Å². The van der Waals surface area contributed by atoms with Crippen molar-refractivity contribution in [2.45, 2.75) is 348 Å². The molecule has 0 aliphatic carbocycles. The lowest BCUT2D eigenvalue weighted by molar-refractivity contribution is -0.167. The Balaban J connectivity index is 4.29. The van der Waals surface area contributed by atoms with Crippen molar-refractivity contribution in [2.75, 3.05) is 13.2 Å². The van der Waals surface area contributed by atoms with E-state index in [1.165, 1.54) is 205 Å². The van der Waals surface area contributed by atoms with Crippen LogP contribution in [0.25, 0.3) is 0 Å². The average Bonchev–Trinajstić information content (AvgIpc) is 3.43. The van der Waals surface area contributed by atoms with Gasteiger partial charge in [0, 0.05) is 19.3 Å². The lowest BCUT2D eigenvalue weighted by atomic mass is 10.0. The lowest BCUT2D eigenvalue weighted by Gasteiger charge is -2.18. The Labute approximate surface area is 478 Å². The van der Waals surface area contributed by atoms with Gasteiger partial charge in [0.2, 0.25) is 0 Å². The monoisotopic (exact) mass is 1070 g/mol. The molecule has 0 saturated heterocycles. The first-order valence-electron chi connectivity index (χ1n) is 33.4. The fourth-order valence-corrected chi connectivity index (χ4v) is 9.70. The molecule has 0 aromatic heterocycles. The minimum absolute atomic E-state index is 0.0757. The van der Waals surface area contributed by atoms with Gasteiger partial charge < -0.3 is 14.2 Å². The van der Waals surface area contributed by atoms with E-state index in [0.717, 1.165) is 96.3 Å². The summed E-state index contributed by atoms with van der Waals surface area (Å²) in [6.45, 7) is 6.56. The van der Waals surface area contributed by atoms with Gasteiger partial charge in [0.15, 0.2) is 6.10 Å². The van der Waals surface area contributed by atoms with Crippen molar-refractivity contribution in [3.05, 3.63) is 72.9 Å². The maximum atomic E-state index is 12.9. The summed E-state index contributed by atoms with van der Waals surface area (Å²) in [6.07, 6.45) is 84.8. The van der Waals surface area contributed by atoms with E-state index in [1.54, 1.807) is 0 Å². The van der Waals surface area contributed by atoms with Crippen LogP contribution in [0.2, 0.25) is 0 Å². The van der Waals surface area contributed by atoms with Crippen LogP contribution in [0.4, 0.5) is 0 Å². The fourth-order valence-electron chi connectivity index (χ4n) is 9.70. The summed E-state index contributed by atoms with van der Waals surface area (Å²) in [5.74, 6) is -0.867. The van der Waals surface area contributed by atoms with E-state index in [1.807, 2.05) is 0 Å². The Kier molecular flexibility index (Phi) is 62.7. The molecule has 6 heteroatoms. The van der Waals surface area contributed by atoms with Crippen molar-refractivity contribution in [1.82, 2.24) is 0 Å². The third-order valence-corrected chi connectivity index (χ3v) is 14.7. The van der Waals surface area contributed by atoms with Crippen LogP contribution in [-0.4, -0.2) is 37.2 Å². The molecule has 0 aromatic carbocycles. The van der Waals surface area contributed by atoms with Crippen LogP contribution < -0.4 is 0 Å². The minimum atomic E-state index is -0.779. The van der Waals surface area contributed by atoms with Crippen LogP contribution in [-0.2, 0) is 28.6 Å². The molecule has 0 N–H and O–H groups in total. The summed E-state index contributed by atoms with van der Waals surface area (Å²) in [6, 6.07) is 0. The van der Waals surface area contributed by atoms with Crippen LogP contribution in [0.15, 0.2) is 72.9 Å². The topological polar surface area (TPSA) is 78.9 Å². The van der Waals surface area contributed by atoms with E-state index < -0.39 is 6.10 Å². The predicted octanol–water partition coefficient (Wildman–Crippen LogP) is 22.9. The largest absolute Gasteiger partial charge is 0.462 e. The third-order valence-electron chi connectivity index (χ3n) is 14.7. The number of rotatable bonds is 61. The second-order valence-corrected chi connectivity index (χ2v) is 22.4. The molecular weight excluding hydrogens is 949 g/mol.